The van der Waals surface area contributed by atoms with Gasteiger partial charge < -0.3 is 14.4 Å². The second-order valence-electron chi connectivity index (χ2n) is 13.1. The first-order chi connectivity index (χ1) is 28.5. The van der Waals surface area contributed by atoms with E-state index >= 15 is 0 Å². The molecule has 0 spiro atoms. The zero-order chi connectivity index (χ0) is 45.3. The van der Waals surface area contributed by atoms with Crippen LogP contribution in [-0.2, 0) is 40.4 Å². The summed E-state index contributed by atoms with van der Waals surface area (Å²) >= 11 is 4.02. The molecule has 0 aliphatic carbocycles. The van der Waals surface area contributed by atoms with Crippen molar-refractivity contribution in [3.8, 4) is 11.5 Å². The summed E-state index contributed by atoms with van der Waals surface area (Å²) in [6.45, 7) is 5.58. The van der Waals surface area contributed by atoms with Crippen molar-refractivity contribution < 1.29 is 66.7 Å². The van der Waals surface area contributed by atoms with Crippen LogP contribution in [0.3, 0.4) is 0 Å². The number of aryl methyl sites for hydroxylation is 3. The molecule has 1 aliphatic rings. The standard InChI is InChI=1S/C19H13F5O.C16H17S2.C7H6F2O.CHF3O3S/c1-2-11-3-4-13-8-14(6-5-12(13)7-11)19(23,24)25-15-9-16(20)18(22)17(21)10-15;1-2-12-4-5-14-11-15(7-6-13(14)10-12)16-17-8-3-9-18-16;1-4-2-5(10)3-6(8)7(4)9;2-1(3,4)8(5,6)7/h3-10H,2H2,1H3;4-7,10-11H,2-3,8-9H2,1H3;2-3,10H,1H3;(H,5,6,7)/q;+1;;/p-1. The number of ether oxygens (including phenoxy) is 1. The maximum absolute atomic E-state index is 14.3. The molecular weight excluding hydrogens is 883 g/mol. The monoisotopic (exact) mass is 918 g/mol. The van der Waals surface area contributed by atoms with Crippen LogP contribution in [0.5, 0.6) is 11.5 Å². The van der Waals surface area contributed by atoms with E-state index in [0.29, 0.717) is 17.5 Å². The highest BCUT2D eigenvalue weighted by atomic mass is 32.2. The van der Waals surface area contributed by atoms with Gasteiger partial charge in [0.15, 0.2) is 56.3 Å². The highest BCUT2D eigenvalue weighted by molar-refractivity contribution is 8.23. The average molecular weight is 919 g/mol. The van der Waals surface area contributed by atoms with Gasteiger partial charge in [-0.3, -0.25) is 0 Å². The number of hydrogen-bond donors (Lipinski definition) is 1. The summed E-state index contributed by atoms with van der Waals surface area (Å²) < 4.78 is 157. The highest BCUT2D eigenvalue weighted by Crippen LogP contribution is 2.35. The molecule has 1 heterocycles. The molecule has 0 fully saturated rings. The van der Waals surface area contributed by atoms with Crippen molar-refractivity contribution in [2.75, 3.05) is 11.5 Å². The van der Waals surface area contributed by atoms with Crippen molar-refractivity contribution in [1.82, 2.24) is 0 Å². The second-order valence-corrected chi connectivity index (χ2v) is 17.0. The Kier molecular flexibility index (Phi) is 16.6. The van der Waals surface area contributed by atoms with E-state index in [1.165, 1.54) is 75.2 Å². The van der Waals surface area contributed by atoms with Crippen molar-refractivity contribution >= 4 is 59.0 Å². The third-order valence-corrected chi connectivity index (χ3v) is 11.9. The molecule has 0 atom stereocenters. The first-order valence-electron chi connectivity index (χ1n) is 18.1. The Morgan fingerprint density at radius 2 is 1.20 bits per heavy atom. The van der Waals surface area contributed by atoms with Gasteiger partial charge in [0, 0.05) is 35.9 Å². The van der Waals surface area contributed by atoms with Crippen LogP contribution in [0.25, 0.3) is 21.5 Å². The van der Waals surface area contributed by atoms with Gasteiger partial charge in [-0.2, -0.15) is 22.0 Å². The molecule has 61 heavy (non-hydrogen) atoms. The van der Waals surface area contributed by atoms with Gasteiger partial charge in [-0.15, -0.1) is 0 Å². The van der Waals surface area contributed by atoms with Crippen LogP contribution in [0.15, 0.2) is 97.1 Å². The lowest BCUT2D eigenvalue weighted by Gasteiger charge is -2.19. The summed E-state index contributed by atoms with van der Waals surface area (Å²) in [5.41, 5.74) is -2.12. The fourth-order valence-corrected chi connectivity index (χ4v) is 7.99. The summed E-state index contributed by atoms with van der Waals surface area (Å²) in [5, 5.41) is 12.8. The molecule has 7 rings (SSSR count). The van der Waals surface area contributed by atoms with Crippen molar-refractivity contribution in [3.05, 3.63) is 154 Å². The van der Waals surface area contributed by atoms with Gasteiger partial charge in [-0.05, 0) is 88.3 Å². The van der Waals surface area contributed by atoms with E-state index in [2.05, 4.69) is 48.1 Å². The van der Waals surface area contributed by atoms with Crippen molar-refractivity contribution in [1.29, 1.82) is 0 Å². The molecule has 0 radical (unpaired) electrons. The molecule has 0 amide bonds. The van der Waals surface area contributed by atoms with Gasteiger partial charge in [0.25, 0.3) is 4.20 Å². The zero-order valence-corrected chi connectivity index (χ0v) is 34.8. The van der Waals surface area contributed by atoms with Crippen molar-refractivity contribution in [2.24, 2.45) is 0 Å². The number of rotatable bonds is 6. The number of fused-ring (bicyclic) bond motifs is 2. The van der Waals surface area contributed by atoms with E-state index in [1.807, 2.05) is 42.2 Å². The number of hydrogen-bond acceptors (Lipinski definition) is 6. The Morgan fingerprint density at radius 1 is 0.705 bits per heavy atom. The Bertz CT molecular complexity index is 2590. The summed E-state index contributed by atoms with van der Waals surface area (Å²) in [6, 6.07) is 25.7. The minimum Gasteiger partial charge on any atom is -0.741 e. The predicted octanol–water partition coefficient (Wildman–Crippen LogP) is 12.1. The molecule has 6 aromatic carbocycles. The average Bonchev–Trinajstić information content (AvgIpc) is 3.21. The van der Waals surface area contributed by atoms with E-state index in [-0.39, 0.29) is 11.3 Å². The molecule has 0 bridgehead atoms. The maximum Gasteiger partial charge on any atom is 0.485 e. The van der Waals surface area contributed by atoms with Gasteiger partial charge in [-0.25, -0.2) is 30.4 Å². The molecule has 0 unspecified atom stereocenters. The molecule has 18 heteroatoms. The Hall–Kier alpha value is -4.91. The number of phenolic OH excluding ortho intramolecular Hbond substituents is 1. The third kappa shape index (κ3) is 13.5. The minimum atomic E-state index is -6.09. The van der Waals surface area contributed by atoms with Crippen LogP contribution in [0.2, 0.25) is 0 Å². The van der Waals surface area contributed by atoms with E-state index in [0.717, 1.165) is 29.9 Å². The number of phenols is 1. The fourth-order valence-electron chi connectivity index (χ4n) is 5.44. The summed E-state index contributed by atoms with van der Waals surface area (Å²) in [7, 11) is -6.09. The first-order valence-corrected chi connectivity index (χ1v) is 21.5. The summed E-state index contributed by atoms with van der Waals surface area (Å²) in [6.07, 6.45) is -0.569. The number of benzene rings is 6. The molecule has 6 aromatic rings. The Morgan fingerprint density at radius 3 is 1.69 bits per heavy atom. The number of halogens is 10. The topological polar surface area (TPSA) is 86.7 Å². The number of thioether (sulfide) groups is 1. The molecule has 5 nitrogen and oxygen atoms in total. The van der Waals surface area contributed by atoms with Gasteiger partial charge in [0.05, 0.1) is 5.56 Å². The minimum absolute atomic E-state index is 0.109. The molecule has 1 N–H and O–H groups in total. The zero-order valence-electron chi connectivity index (χ0n) is 32.4. The summed E-state index contributed by atoms with van der Waals surface area (Å²) in [4.78, 5) is 0. The molecule has 1 aliphatic heterocycles. The van der Waals surface area contributed by atoms with E-state index in [4.69, 9.17) is 18.1 Å². The number of aromatic hydroxyl groups is 1. The molecule has 0 saturated heterocycles. The smallest absolute Gasteiger partial charge is 0.485 e. The molecule has 0 aromatic heterocycles. The Labute approximate surface area is 353 Å². The first kappa shape index (κ1) is 48.8. The van der Waals surface area contributed by atoms with Crippen LogP contribution in [0, 0.1) is 36.0 Å². The lowest BCUT2D eigenvalue weighted by Crippen LogP contribution is -2.22. The number of alkyl halides is 5. The van der Waals surface area contributed by atoms with Crippen molar-refractivity contribution in [3.63, 3.8) is 0 Å². The lowest BCUT2D eigenvalue weighted by molar-refractivity contribution is -0.185. The SMILES string of the molecule is CCc1ccc2cc(C(F)(F)Oc3cc(F)c(F)c(F)c3)ccc2c1.CCc1ccc2cc(C3=[S+]CCCS3)ccc2c1.Cc1cc(O)cc(F)c1F.O=S(=O)([O-])C(F)(F)F. The highest BCUT2D eigenvalue weighted by Gasteiger charge is 2.37. The fraction of sp³-hybridized carbons (Fsp3) is 0.233. The van der Waals surface area contributed by atoms with Crippen LogP contribution in [0.1, 0.15) is 48.1 Å². The predicted molar refractivity (Wildman–Crippen MR) is 219 cm³/mol. The second kappa shape index (κ2) is 20.8. The van der Waals surface area contributed by atoms with Gasteiger partial charge >= 0.3 is 11.6 Å². The van der Waals surface area contributed by atoms with Gasteiger partial charge in [-0.1, -0.05) is 74.1 Å². The van der Waals surface area contributed by atoms with E-state index in [1.54, 1.807) is 6.07 Å². The van der Waals surface area contributed by atoms with E-state index < -0.39 is 62.1 Å². The quantitative estimate of drug-likeness (QED) is 0.0447. The largest absolute Gasteiger partial charge is 0.741 e. The summed E-state index contributed by atoms with van der Waals surface area (Å²) in [5.74, 6) is -5.37. The maximum atomic E-state index is 14.3. The van der Waals surface area contributed by atoms with E-state index in [9.17, 15) is 43.9 Å². The van der Waals surface area contributed by atoms with Crippen molar-refractivity contribution in [2.45, 2.75) is 51.7 Å². The lowest BCUT2D eigenvalue weighted by atomic mass is 10.0. The molecule has 326 valence electrons. The molecule has 0 saturated carbocycles. The van der Waals surface area contributed by atoms with Crippen LogP contribution >= 0.6 is 11.8 Å². The van der Waals surface area contributed by atoms with Crippen LogP contribution in [0.4, 0.5) is 43.9 Å². The van der Waals surface area contributed by atoms with Gasteiger partial charge in [0.2, 0.25) is 0 Å². The van der Waals surface area contributed by atoms with Crippen LogP contribution < -0.4 is 4.74 Å². The normalized spacial score (nSPS) is 12.9. The third-order valence-electron chi connectivity index (χ3n) is 8.63. The van der Waals surface area contributed by atoms with Crippen LogP contribution in [-0.4, -0.2) is 39.3 Å². The Balaban J connectivity index is 0.000000198. The van der Waals surface area contributed by atoms with Gasteiger partial charge in [0.1, 0.15) is 11.5 Å². The molecular formula is C43H36F10O5S3.